The lowest BCUT2D eigenvalue weighted by molar-refractivity contribution is 0.494. The van der Waals surface area contributed by atoms with Gasteiger partial charge in [0.25, 0.3) is 0 Å². The minimum Gasteiger partial charge on any atom is -0.457 e. The first-order valence-electron chi connectivity index (χ1n) is 5.09. The molecule has 0 aliphatic heterocycles. The molecular formula is C11H18BrNO. The molecule has 1 aromatic heterocycles. The highest BCUT2D eigenvalue weighted by atomic mass is 79.9. The van der Waals surface area contributed by atoms with Gasteiger partial charge in [0.2, 0.25) is 0 Å². The van der Waals surface area contributed by atoms with Crippen LogP contribution in [0.3, 0.4) is 0 Å². The first-order chi connectivity index (χ1) is 6.61. The first kappa shape index (κ1) is 11.8. The predicted molar refractivity (Wildman–Crippen MR) is 62.0 cm³/mol. The SMILES string of the molecule is CC(C)CCCC(N)c1ccoc1Br. The molecule has 1 heterocycles. The second-order valence-corrected chi connectivity index (χ2v) is 4.80. The third-order valence-electron chi connectivity index (χ3n) is 2.34. The molecule has 0 bridgehead atoms. The van der Waals surface area contributed by atoms with Crippen LogP contribution >= 0.6 is 15.9 Å². The van der Waals surface area contributed by atoms with Crippen LogP contribution in [0.25, 0.3) is 0 Å². The summed E-state index contributed by atoms with van der Waals surface area (Å²) in [4.78, 5) is 0. The van der Waals surface area contributed by atoms with Crippen molar-refractivity contribution in [3.8, 4) is 0 Å². The highest BCUT2D eigenvalue weighted by Gasteiger charge is 2.11. The topological polar surface area (TPSA) is 39.2 Å². The highest BCUT2D eigenvalue weighted by Crippen LogP contribution is 2.26. The van der Waals surface area contributed by atoms with Crippen LogP contribution in [0.4, 0.5) is 0 Å². The van der Waals surface area contributed by atoms with Crippen molar-refractivity contribution in [3.05, 3.63) is 22.6 Å². The van der Waals surface area contributed by atoms with E-state index in [1.54, 1.807) is 6.26 Å². The normalized spacial score (nSPS) is 13.5. The molecule has 1 rings (SSSR count). The molecule has 0 fully saturated rings. The highest BCUT2D eigenvalue weighted by molar-refractivity contribution is 9.10. The second-order valence-electron chi connectivity index (χ2n) is 4.08. The zero-order chi connectivity index (χ0) is 10.6. The summed E-state index contributed by atoms with van der Waals surface area (Å²) in [5.41, 5.74) is 7.11. The molecule has 0 spiro atoms. The lowest BCUT2D eigenvalue weighted by atomic mass is 10.0. The van der Waals surface area contributed by atoms with Gasteiger partial charge in [0.15, 0.2) is 4.67 Å². The van der Waals surface area contributed by atoms with E-state index in [9.17, 15) is 0 Å². The predicted octanol–water partition coefficient (Wildman–Crippen LogP) is 3.87. The molecule has 80 valence electrons. The molecule has 0 aromatic carbocycles. The van der Waals surface area contributed by atoms with Crippen molar-refractivity contribution < 1.29 is 4.42 Å². The third-order valence-corrected chi connectivity index (χ3v) is 2.99. The van der Waals surface area contributed by atoms with Gasteiger partial charge in [-0.15, -0.1) is 0 Å². The molecule has 3 heteroatoms. The molecule has 0 amide bonds. The van der Waals surface area contributed by atoms with Crippen molar-refractivity contribution in [2.24, 2.45) is 11.7 Å². The summed E-state index contributed by atoms with van der Waals surface area (Å²) in [6.45, 7) is 4.47. The lowest BCUT2D eigenvalue weighted by Gasteiger charge is -2.10. The van der Waals surface area contributed by atoms with Crippen LogP contribution in [0.15, 0.2) is 21.4 Å². The molecule has 1 aromatic rings. The van der Waals surface area contributed by atoms with Crippen molar-refractivity contribution in [1.29, 1.82) is 0 Å². The van der Waals surface area contributed by atoms with Crippen molar-refractivity contribution in [2.45, 2.75) is 39.2 Å². The minimum atomic E-state index is 0.0990. The van der Waals surface area contributed by atoms with Gasteiger partial charge < -0.3 is 10.2 Å². The smallest absolute Gasteiger partial charge is 0.173 e. The van der Waals surface area contributed by atoms with Gasteiger partial charge in [-0.05, 0) is 34.3 Å². The molecule has 0 aliphatic rings. The minimum absolute atomic E-state index is 0.0990. The van der Waals surface area contributed by atoms with E-state index in [-0.39, 0.29) is 6.04 Å². The van der Waals surface area contributed by atoms with E-state index in [0.717, 1.165) is 22.6 Å². The Kier molecular flexibility index (Phi) is 4.69. The zero-order valence-electron chi connectivity index (χ0n) is 8.79. The van der Waals surface area contributed by atoms with Crippen LogP contribution in [0.2, 0.25) is 0 Å². The van der Waals surface area contributed by atoms with Gasteiger partial charge in [-0.2, -0.15) is 0 Å². The van der Waals surface area contributed by atoms with Gasteiger partial charge in [0, 0.05) is 11.6 Å². The van der Waals surface area contributed by atoms with Crippen molar-refractivity contribution in [3.63, 3.8) is 0 Å². The summed E-state index contributed by atoms with van der Waals surface area (Å²) < 4.78 is 5.92. The number of halogens is 1. The Balaban J connectivity index is 2.36. The molecule has 1 atom stereocenters. The summed E-state index contributed by atoms with van der Waals surface area (Å²) in [5, 5.41) is 0. The van der Waals surface area contributed by atoms with E-state index in [2.05, 4.69) is 29.8 Å². The average molecular weight is 260 g/mol. The van der Waals surface area contributed by atoms with Crippen LogP contribution in [-0.4, -0.2) is 0 Å². The average Bonchev–Trinajstić information content (AvgIpc) is 2.50. The van der Waals surface area contributed by atoms with E-state index < -0.39 is 0 Å². The Labute approximate surface area is 94.0 Å². The number of nitrogens with two attached hydrogens (primary N) is 1. The Morgan fingerprint density at radius 1 is 1.43 bits per heavy atom. The molecule has 14 heavy (non-hydrogen) atoms. The number of hydrogen-bond acceptors (Lipinski definition) is 2. The largest absolute Gasteiger partial charge is 0.457 e. The summed E-state index contributed by atoms with van der Waals surface area (Å²) in [6, 6.07) is 2.03. The van der Waals surface area contributed by atoms with E-state index in [0.29, 0.717) is 0 Å². The monoisotopic (exact) mass is 259 g/mol. The Morgan fingerprint density at radius 2 is 2.14 bits per heavy atom. The van der Waals surface area contributed by atoms with E-state index in [1.807, 2.05) is 6.07 Å². The van der Waals surface area contributed by atoms with Crippen LogP contribution in [0, 0.1) is 5.92 Å². The summed E-state index contributed by atoms with van der Waals surface area (Å²) in [7, 11) is 0. The molecule has 0 aliphatic carbocycles. The zero-order valence-corrected chi connectivity index (χ0v) is 10.4. The maximum atomic E-state index is 6.04. The van der Waals surface area contributed by atoms with Gasteiger partial charge >= 0.3 is 0 Å². The van der Waals surface area contributed by atoms with Gasteiger partial charge in [-0.1, -0.05) is 26.7 Å². The molecule has 2 nitrogen and oxygen atoms in total. The summed E-state index contributed by atoms with van der Waals surface area (Å²) >= 11 is 3.34. The summed E-state index contributed by atoms with van der Waals surface area (Å²) in [5.74, 6) is 0.759. The maximum absolute atomic E-state index is 6.04. The Bertz CT molecular complexity index is 270. The van der Waals surface area contributed by atoms with Crippen LogP contribution in [-0.2, 0) is 0 Å². The van der Waals surface area contributed by atoms with Gasteiger partial charge in [0.05, 0.1) is 6.26 Å². The molecule has 2 N–H and O–H groups in total. The van der Waals surface area contributed by atoms with Crippen LogP contribution in [0.1, 0.15) is 44.7 Å². The fraction of sp³-hybridized carbons (Fsp3) is 0.636. The summed E-state index contributed by atoms with van der Waals surface area (Å²) in [6.07, 6.45) is 5.11. The fourth-order valence-electron chi connectivity index (χ4n) is 1.47. The van der Waals surface area contributed by atoms with Gasteiger partial charge in [-0.25, -0.2) is 0 Å². The molecular weight excluding hydrogens is 242 g/mol. The van der Waals surface area contributed by atoms with Crippen LogP contribution in [0.5, 0.6) is 0 Å². The quantitative estimate of drug-likeness (QED) is 0.872. The number of furan rings is 1. The lowest BCUT2D eigenvalue weighted by Crippen LogP contribution is -2.10. The Hall–Kier alpha value is -0.280. The van der Waals surface area contributed by atoms with Crippen molar-refractivity contribution in [1.82, 2.24) is 0 Å². The van der Waals surface area contributed by atoms with E-state index in [4.69, 9.17) is 10.2 Å². The number of rotatable bonds is 5. The standard InChI is InChI=1S/C11H18BrNO/c1-8(2)4-3-5-10(13)9-6-7-14-11(9)12/h6-8,10H,3-5,13H2,1-2H3. The first-order valence-corrected chi connectivity index (χ1v) is 5.89. The Morgan fingerprint density at radius 3 is 2.64 bits per heavy atom. The molecule has 1 unspecified atom stereocenters. The van der Waals surface area contributed by atoms with Crippen LogP contribution < -0.4 is 5.73 Å². The number of hydrogen-bond donors (Lipinski definition) is 1. The molecule has 0 radical (unpaired) electrons. The van der Waals surface area contributed by atoms with E-state index in [1.165, 1.54) is 12.8 Å². The maximum Gasteiger partial charge on any atom is 0.173 e. The van der Waals surface area contributed by atoms with E-state index >= 15 is 0 Å². The van der Waals surface area contributed by atoms with Crippen molar-refractivity contribution in [2.75, 3.05) is 0 Å². The fourth-order valence-corrected chi connectivity index (χ4v) is 2.01. The van der Waals surface area contributed by atoms with Gasteiger partial charge in [-0.3, -0.25) is 0 Å². The second kappa shape index (κ2) is 5.56. The molecule has 0 saturated heterocycles. The van der Waals surface area contributed by atoms with Crippen molar-refractivity contribution >= 4 is 15.9 Å². The molecule has 0 saturated carbocycles. The third kappa shape index (κ3) is 3.46. The van der Waals surface area contributed by atoms with Gasteiger partial charge in [0.1, 0.15) is 0 Å².